The molecule has 0 aliphatic rings. The molecule has 1 unspecified atom stereocenters. The number of aliphatic hydroxyl groups is 1. The van der Waals surface area contributed by atoms with Crippen molar-refractivity contribution in [2.45, 2.75) is 6.10 Å². The second kappa shape index (κ2) is 7.12. The number of nitrogens with zero attached hydrogens (tertiary/aromatic N) is 1. The molecule has 0 bridgehead atoms. The van der Waals surface area contributed by atoms with Gasteiger partial charge in [-0.15, -0.1) is 0 Å². The summed E-state index contributed by atoms with van der Waals surface area (Å²) in [6.45, 7) is 0.165. The van der Waals surface area contributed by atoms with E-state index in [1.54, 1.807) is 36.4 Å². The fourth-order valence-corrected chi connectivity index (χ4v) is 1.70. The molecule has 6 nitrogen and oxygen atoms in total. The Hall–Kier alpha value is -2.78. The summed E-state index contributed by atoms with van der Waals surface area (Å²) in [6, 6.07) is 12.1. The summed E-state index contributed by atoms with van der Waals surface area (Å²) >= 11 is 0. The molecule has 1 atom stereocenters. The van der Waals surface area contributed by atoms with Gasteiger partial charge in [-0.25, -0.2) is 0 Å². The van der Waals surface area contributed by atoms with E-state index in [0.29, 0.717) is 11.3 Å². The van der Waals surface area contributed by atoms with Crippen molar-refractivity contribution in [3.05, 3.63) is 54.0 Å². The number of aliphatic hydroxyl groups excluding tert-OH is 1. The summed E-state index contributed by atoms with van der Waals surface area (Å²) in [5.74, 6) is 0.167. The van der Waals surface area contributed by atoms with Gasteiger partial charge in [0.25, 0.3) is 0 Å². The molecule has 6 heteroatoms. The number of hydrogen-bond donors (Lipinski definition) is 3. The first-order chi connectivity index (χ1) is 10.2. The lowest BCUT2D eigenvalue weighted by atomic mass is 10.2. The van der Waals surface area contributed by atoms with Gasteiger partial charge >= 0.3 is 0 Å². The normalized spacial score (nSPS) is 11.4. The Bertz CT molecular complexity index is 615. The Balaban J connectivity index is 1.73. The third-order valence-corrected chi connectivity index (χ3v) is 2.83. The lowest BCUT2D eigenvalue weighted by Gasteiger charge is -2.10. The zero-order valence-electron chi connectivity index (χ0n) is 11.2. The molecule has 1 aromatic carbocycles. The van der Waals surface area contributed by atoms with Gasteiger partial charge in [-0.2, -0.15) is 5.26 Å². The highest BCUT2D eigenvalue weighted by Crippen LogP contribution is 2.11. The molecule has 0 aliphatic carbocycles. The van der Waals surface area contributed by atoms with Crippen molar-refractivity contribution in [3.63, 3.8) is 0 Å². The van der Waals surface area contributed by atoms with Crippen LogP contribution >= 0.6 is 0 Å². The van der Waals surface area contributed by atoms with Gasteiger partial charge in [0.2, 0.25) is 5.91 Å². The van der Waals surface area contributed by atoms with Crippen molar-refractivity contribution in [1.29, 1.82) is 5.26 Å². The van der Waals surface area contributed by atoms with E-state index in [4.69, 9.17) is 9.68 Å². The van der Waals surface area contributed by atoms with Crippen molar-refractivity contribution >= 4 is 11.6 Å². The summed E-state index contributed by atoms with van der Waals surface area (Å²) < 4.78 is 5.04. The predicted octanol–water partition coefficient (Wildman–Crippen LogP) is 1.41. The molecule has 0 radical (unpaired) electrons. The second-order valence-electron chi connectivity index (χ2n) is 4.38. The zero-order chi connectivity index (χ0) is 15.1. The van der Waals surface area contributed by atoms with Crippen LogP contribution in [0.2, 0.25) is 0 Å². The van der Waals surface area contributed by atoms with E-state index in [0.717, 1.165) is 5.69 Å². The molecular weight excluding hydrogens is 270 g/mol. The zero-order valence-corrected chi connectivity index (χ0v) is 11.2. The van der Waals surface area contributed by atoms with Crippen molar-refractivity contribution in [3.8, 4) is 6.07 Å². The van der Waals surface area contributed by atoms with E-state index >= 15 is 0 Å². The Morgan fingerprint density at radius 1 is 1.33 bits per heavy atom. The van der Waals surface area contributed by atoms with E-state index in [1.165, 1.54) is 6.26 Å². The van der Waals surface area contributed by atoms with Crippen LogP contribution in [0.5, 0.6) is 0 Å². The predicted molar refractivity (Wildman–Crippen MR) is 76.3 cm³/mol. The number of nitriles is 1. The fraction of sp³-hybridized carbons (Fsp3) is 0.200. The maximum atomic E-state index is 11.6. The molecule has 2 aromatic rings. The van der Waals surface area contributed by atoms with Crippen molar-refractivity contribution in [2.75, 3.05) is 18.4 Å². The number of carbonyl (C=O) groups excluding carboxylic acids is 1. The standard InChI is InChI=1S/C15H15N3O3/c16-8-11-3-5-12(6-4-11)17-10-15(20)18-9-13(19)14-2-1-7-21-14/h1-7,13,17,19H,9-10H2,(H,18,20). The van der Waals surface area contributed by atoms with Gasteiger partial charge in [0, 0.05) is 5.69 Å². The molecule has 0 fully saturated rings. The smallest absolute Gasteiger partial charge is 0.239 e. The molecule has 108 valence electrons. The minimum Gasteiger partial charge on any atom is -0.467 e. The number of benzene rings is 1. The van der Waals surface area contributed by atoms with E-state index in [-0.39, 0.29) is 19.0 Å². The number of amides is 1. The first-order valence-electron chi connectivity index (χ1n) is 6.41. The van der Waals surface area contributed by atoms with Crippen LogP contribution in [0.15, 0.2) is 47.1 Å². The van der Waals surface area contributed by atoms with E-state index in [9.17, 15) is 9.90 Å². The Labute approximate surface area is 122 Å². The van der Waals surface area contributed by atoms with Crippen LogP contribution in [0, 0.1) is 11.3 Å². The summed E-state index contributed by atoms with van der Waals surface area (Å²) in [7, 11) is 0. The third kappa shape index (κ3) is 4.37. The molecule has 2 rings (SSSR count). The van der Waals surface area contributed by atoms with Crippen molar-refractivity contribution < 1.29 is 14.3 Å². The summed E-state index contributed by atoms with van der Waals surface area (Å²) in [5, 5.41) is 24.0. The Kier molecular flexibility index (Phi) is 4.96. The first-order valence-corrected chi connectivity index (χ1v) is 6.41. The molecule has 1 amide bonds. The van der Waals surface area contributed by atoms with E-state index < -0.39 is 6.10 Å². The van der Waals surface area contributed by atoms with Crippen molar-refractivity contribution in [2.24, 2.45) is 0 Å². The largest absolute Gasteiger partial charge is 0.467 e. The summed E-state index contributed by atoms with van der Waals surface area (Å²) in [5.41, 5.74) is 1.31. The van der Waals surface area contributed by atoms with Gasteiger partial charge in [0.05, 0.1) is 31.0 Å². The maximum absolute atomic E-state index is 11.6. The minimum absolute atomic E-state index is 0.0801. The Morgan fingerprint density at radius 2 is 2.10 bits per heavy atom. The molecule has 3 N–H and O–H groups in total. The molecule has 0 spiro atoms. The van der Waals surface area contributed by atoms with Gasteiger partial charge in [0.1, 0.15) is 11.9 Å². The lowest BCUT2D eigenvalue weighted by Crippen LogP contribution is -2.33. The highest BCUT2D eigenvalue weighted by atomic mass is 16.4. The number of anilines is 1. The minimum atomic E-state index is -0.862. The highest BCUT2D eigenvalue weighted by molar-refractivity contribution is 5.80. The average Bonchev–Trinajstić information content (AvgIpc) is 3.05. The topological polar surface area (TPSA) is 98.3 Å². The Morgan fingerprint density at radius 3 is 2.71 bits per heavy atom. The summed E-state index contributed by atoms with van der Waals surface area (Å²) in [4.78, 5) is 11.6. The SMILES string of the molecule is N#Cc1ccc(NCC(=O)NCC(O)c2ccco2)cc1. The van der Waals surface area contributed by atoms with Gasteiger partial charge in [-0.3, -0.25) is 4.79 Å². The van der Waals surface area contributed by atoms with Gasteiger partial charge in [-0.05, 0) is 36.4 Å². The molecule has 1 heterocycles. The van der Waals surface area contributed by atoms with E-state index in [2.05, 4.69) is 10.6 Å². The van der Waals surface area contributed by atoms with Crippen LogP contribution in [0.1, 0.15) is 17.4 Å². The van der Waals surface area contributed by atoms with Gasteiger partial charge < -0.3 is 20.2 Å². The monoisotopic (exact) mass is 285 g/mol. The van der Waals surface area contributed by atoms with Crippen LogP contribution in [0.4, 0.5) is 5.69 Å². The number of carbonyl (C=O) groups is 1. The number of furan rings is 1. The van der Waals surface area contributed by atoms with Crippen LogP contribution in [-0.4, -0.2) is 24.1 Å². The number of rotatable bonds is 6. The molecule has 0 saturated carbocycles. The molecule has 21 heavy (non-hydrogen) atoms. The maximum Gasteiger partial charge on any atom is 0.239 e. The molecule has 1 aromatic heterocycles. The van der Waals surface area contributed by atoms with E-state index in [1.807, 2.05) is 6.07 Å². The first kappa shape index (κ1) is 14.6. The van der Waals surface area contributed by atoms with Gasteiger partial charge in [-0.1, -0.05) is 0 Å². The quantitative estimate of drug-likeness (QED) is 0.745. The molecule has 0 saturated heterocycles. The molecule has 0 aliphatic heterocycles. The second-order valence-corrected chi connectivity index (χ2v) is 4.38. The van der Waals surface area contributed by atoms with Crippen LogP contribution < -0.4 is 10.6 Å². The molecular formula is C15H15N3O3. The summed E-state index contributed by atoms with van der Waals surface area (Å²) in [6.07, 6.45) is 0.603. The van der Waals surface area contributed by atoms with Crippen LogP contribution in [-0.2, 0) is 4.79 Å². The van der Waals surface area contributed by atoms with Gasteiger partial charge in [0.15, 0.2) is 0 Å². The van der Waals surface area contributed by atoms with Crippen LogP contribution in [0.3, 0.4) is 0 Å². The number of hydrogen-bond acceptors (Lipinski definition) is 5. The lowest BCUT2D eigenvalue weighted by molar-refractivity contribution is -0.119. The third-order valence-electron chi connectivity index (χ3n) is 2.83. The average molecular weight is 285 g/mol. The fourth-order valence-electron chi connectivity index (χ4n) is 1.70. The highest BCUT2D eigenvalue weighted by Gasteiger charge is 2.11. The number of nitrogens with one attached hydrogen (secondary N) is 2. The van der Waals surface area contributed by atoms with Crippen LogP contribution in [0.25, 0.3) is 0 Å². The van der Waals surface area contributed by atoms with Crippen molar-refractivity contribution in [1.82, 2.24) is 5.32 Å².